The van der Waals surface area contributed by atoms with Gasteiger partial charge in [-0.25, -0.2) is 0 Å². The lowest BCUT2D eigenvalue weighted by molar-refractivity contribution is -0.255. The van der Waals surface area contributed by atoms with Gasteiger partial charge in [-0.15, -0.1) is 0 Å². The van der Waals surface area contributed by atoms with E-state index in [1.807, 2.05) is 63.2 Å². The van der Waals surface area contributed by atoms with Crippen LogP contribution in [0.2, 0.25) is 0 Å². The molecule has 0 radical (unpaired) electrons. The van der Waals surface area contributed by atoms with Gasteiger partial charge in [-0.05, 0) is 80.2 Å². The first kappa shape index (κ1) is 35.3. The Balaban J connectivity index is 1.27. The zero-order chi connectivity index (χ0) is 34.5. The number of aliphatic hydroxyl groups excluding tert-OH is 1. The molecule has 3 aliphatic rings. The van der Waals surface area contributed by atoms with Crippen molar-refractivity contribution in [3.8, 4) is 11.1 Å². The Kier molecular flexibility index (Phi) is 11.2. The number of benzene rings is 3. The Morgan fingerprint density at radius 1 is 0.878 bits per heavy atom. The monoisotopic (exact) mass is 667 g/mol. The second-order valence-corrected chi connectivity index (χ2v) is 15.2. The minimum Gasteiger partial charge on any atom is -0.392 e. The number of nitrogens with zero attached hydrogens (tertiary/aromatic N) is 1. The van der Waals surface area contributed by atoms with Crippen molar-refractivity contribution in [2.24, 2.45) is 5.92 Å². The highest BCUT2D eigenvalue weighted by molar-refractivity contribution is 5.82. The molecule has 262 valence electrons. The number of likely N-dealkylation sites (tertiary alicyclic amines) is 1. The van der Waals surface area contributed by atoms with E-state index < -0.39 is 6.29 Å². The normalized spacial score (nSPS) is 26.1. The van der Waals surface area contributed by atoms with E-state index in [-0.39, 0.29) is 42.2 Å². The van der Waals surface area contributed by atoms with Gasteiger partial charge in [0.15, 0.2) is 6.29 Å². The number of nitrogens with one attached hydrogen (secondary N) is 2. The van der Waals surface area contributed by atoms with Crippen molar-refractivity contribution in [1.29, 1.82) is 0 Å². The Morgan fingerprint density at radius 2 is 1.59 bits per heavy atom. The molecule has 3 aromatic carbocycles. The van der Waals surface area contributed by atoms with Crippen molar-refractivity contribution >= 4 is 11.8 Å². The third-order valence-corrected chi connectivity index (χ3v) is 10.4. The van der Waals surface area contributed by atoms with Gasteiger partial charge in [0.2, 0.25) is 11.8 Å². The first-order valence-electron chi connectivity index (χ1n) is 18.1. The second kappa shape index (κ2) is 15.5. The summed E-state index contributed by atoms with van der Waals surface area (Å²) in [6, 6.07) is 24.6. The first-order chi connectivity index (χ1) is 23.6. The Bertz CT molecular complexity index is 1570. The van der Waals surface area contributed by atoms with Crippen LogP contribution in [-0.2, 0) is 32.2 Å². The molecule has 0 spiro atoms. The van der Waals surface area contributed by atoms with E-state index in [1.165, 1.54) is 26.2 Å². The highest BCUT2D eigenvalue weighted by Gasteiger charge is 2.44. The highest BCUT2D eigenvalue weighted by Crippen LogP contribution is 2.42. The fraction of sp³-hybridized carbons (Fsp3) is 0.512. The number of carbonyl (C=O) groups excluding carboxylic acids is 2. The number of amides is 2. The van der Waals surface area contributed by atoms with Crippen LogP contribution >= 0.6 is 0 Å². The fourth-order valence-corrected chi connectivity index (χ4v) is 7.99. The van der Waals surface area contributed by atoms with Gasteiger partial charge >= 0.3 is 0 Å². The summed E-state index contributed by atoms with van der Waals surface area (Å²) in [7, 11) is 0. The van der Waals surface area contributed by atoms with Gasteiger partial charge < -0.3 is 25.2 Å². The summed E-state index contributed by atoms with van der Waals surface area (Å²) in [5, 5.41) is 15.9. The third kappa shape index (κ3) is 8.79. The molecular formula is C41H53N3O5. The molecule has 1 saturated carbocycles. The fourth-order valence-electron chi connectivity index (χ4n) is 7.99. The number of piperidine rings is 1. The first-order valence-corrected chi connectivity index (χ1v) is 18.1. The van der Waals surface area contributed by atoms with Crippen LogP contribution in [0.5, 0.6) is 0 Å². The topological polar surface area (TPSA) is 100 Å². The Hall–Kier alpha value is -3.56. The number of carbonyl (C=O) groups is 2. The number of fused-ring (bicyclic) bond motifs is 1. The molecule has 2 aliphatic heterocycles. The van der Waals surface area contributed by atoms with Crippen molar-refractivity contribution < 1.29 is 24.2 Å². The van der Waals surface area contributed by atoms with Gasteiger partial charge in [0.25, 0.3) is 0 Å². The SMILES string of the molecule is CC(=O)NCc1ccccc1-c1ccc([C@@H]2O[C@H](CN3[C@@H](C(=O)NC(C)(C)C)CC[C@H]4CCCC[C@H]43)C[C@H](c3ccc(CO)cc3)O2)cc1. The predicted octanol–water partition coefficient (Wildman–Crippen LogP) is 6.97. The van der Waals surface area contributed by atoms with E-state index in [9.17, 15) is 14.7 Å². The van der Waals surface area contributed by atoms with Crippen molar-refractivity contribution in [1.82, 2.24) is 15.5 Å². The number of hydrogen-bond acceptors (Lipinski definition) is 6. The molecule has 3 N–H and O–H groups in total. The molecule has 2 amide bonds. The minimum absolute atomic E-state index is 0.00398. The van der Waals surface area contributed by atoms with E-state index >= 15 is 0 Å². The average molecular weight is 668 g/mol. The molecule has 3 aromatic rings. The maximum atomic E-state index is 13.8. The summed E-state index contributed by atoms with van der Waals surface area (Å²) >= 11 is 0. The predicted molar refractivity (Wildman–Crippen MR) is 191 cm³/mol. The zero-order valence-electron chi connectivity index (χ0n) is 29.5. The summed E-state index contributed by atoms with van der Waals surface area (Å²) in [6.45, 7) is 8.81. The van der Waals surface area contributed by atoms with E-state index in [1.54, 1.807) is 0 Å². The third-order valence-electron chi connectivity index (χ3n) is 10.4. The molecule has 8 nitrogen and oxygen atoms in total. The van der Waals surface area contributed by atoms with Gasteiger partial charge in [-0.2, -0.15) is 0 Å². The molecule has 0 unspecified atom stereocenters. The lowest BCUT2D eigenvalue weighted by atomic mass is 9.75. The van der Waals surface area contributed by atoms with E-state index in [0.717, 1.165) is 52.6 Å². The van der Waals surface area contributed by atoms with Gasteiger partial charge in [0.1, 0.15) is 0 Å². The van der Waals surface area contributed by atoms with Crippen molar-refractivity contribution in [3.05, 3.63) is 95.1 Å². The van der Waals surface area contributed by atoms with Crippen LogP contribution in [0.25, 0.3) is 11.1 Å². The molecule has 0 aromatic heterocycles. The Morgan fingerprint density at radius 3 is 2.31 bits per heavy atom. The van der Waals surface area contributed by atoms with E-state index in [4.69, 9.17) is 9.47 Å². The molecule has 3 fully saturated rings. The second-order valence-electron chi connectivity index (χ2n) is 15.2. The van der Waals surface area contributed by atoms with E-state index in [2.05, 4.69) is 45.9 Å². The number of aliphatic hydroxyl groups is 1. The standard InChI is InChI=1S/C41H53N3O5/c1-27(46)42-24-33-10-5-7-11-35(33)29-17-19-32(20-18-29)40-48-34(23-38(49-40)31-15-13-28(26-45)14-16-31)25-44-36-12-8-6-9-30(36)21-22-37(44)39(47)43-41(2,3)4/h5,7,10-11,13-20,30,34,36-38,40,45H,6,8-9,12,21-26H2,1-4H3,(H,42,46)(H,43,47)/t30-,34+,36-,37-,38-,40-/m1/s1. The molecule has 2 heterocycles. The van der Waals surface area contributed by atoms with Crippen LogP contribution in [0.3, 0.4) is 0 Å². The average Bonchev–Trinajstić information content (AvgIpc) is 3.10. The van der Waals surface area contributed by atoms with Gasteiger partial charge in [-0.1, -0.05) is 85.6 Å². The van der Waals surface area contributed by atoms with Crippen LogP contribution in [0.4, 0.5) is 0 Å². The molecule has 1 aliphatic carbocycles. The highest BCUT2D eigenvalue weighted by atomic mass is 16.7. The largest absolute Gasteiger partial charge is 0.392 e. The van der Waals surface area contributed by atoms with Gasteiger partial charge in [0.05, 0.1) is 24.9 Å². The minimum atomic E-state index is -0.585. The van der Waals surface area contributed by atoms with Crippen LogP contribution < -0.4 is 10.6 Å². The van der Waals surface area contributed by atoms with Crippen LogP contribution in [0.15, 0.2) is 72.8 Å². The van der Waals surface area contributed by atoms with Crippen LogP contribution in [-0.4, -0.2) is 52.1 Å². The van der Waals surface area contributed by atoms with Crippen molar-refractivity contribution in [3.63, 3.8) is 0 Å². The van der Waals surface area contributed by atoms with Crippen LogP contribution in [0.1, 0.15) is 107 Å². The zero-order valence-corrected chi connectivity index (χ0v) is 29.5. The lowest BCUT2D eigenvalue weighted by Gasteiger charge is -2.50. The molecule has 8 heteroatoms. The van der Waals surface area contributed by atoms with Crippen LogP contribution in [0, 0.1) is 5.92 Å². The number of hydrogen-bond donors (Lipinski definition) is 3. The quantitative estimate of drug-likeness (QED) is 0.228. The molecule has 0 bridgehead atoms. The summed E-state index contributed by atoms with van der Waals surface area (Å²) in [4.78, 5) is 27.8. The number of rotatable bonds is 9. The summed E-state index contributed by atoms with van der Waals surface area (Å²) in [5.41, 5.74) is 5.72. The summed E-state index contributed by atoms with van der Waals surface area (Å²) in [5.74, 6) is 0.674. The maximum Gasteiger partial charge on any atom is 0.237 e. The molecule has 2 saturated heterocycles. The molecule has 6 atom stereocenters. The summed E-state index contributed by atoms with van der Waals surface area (Å²) < 4.78 is 13.5. The lowest BCUT2D eigenvalue weighted by Crippen LogP contribution is -2.61. The maximum absolute atomic E-state index is 13.8. The molecule has 49 heavy (non-hydrogen) atoms. The van der Waals surface area contributed by atoms with E-state index in [0.29, 0.717) is 31.5 Å². The van der Waals surface area contributed by atoms with Gasteiger partial charge in [-0.3, -0.25) is 14.5 Å². The van der Waals surface area contributed by atoms with Crippen molar-refractivity contribution in [2.45, 2.75) is 122 Å². The summed E-state index contributed by atoms with van der Waals surface area (Å²) in [6.07, 6.45) is 6.51. The van der Waals surface area contributed by atoms with Crippen molar-refractivity contribution in [2.75, 3.05) is 6.54 Å². The Labute approximate surface area is 291 Å². The smallest absolute Gasteiger partial charge is 0.237 e. The number of ether oxygens (including phenoxy) is 2. The van der Waals surface area contributed by atoms with Gasteiger partial charge in [0, 0.05) is 43.6 Å². The molecular weight excluding hydrogens is 614 g/mol. The molecule has 6 rings (SSSR count).